The van der Waals surface area contributed by atoms with E-state index in [2.05, 4.69) is 25.6 Å². The van der Waals surface area contributed by atoms with Crippen molar-refractivity contribution >= 4 is 11.9 Å². The molecular weight excluding hydrogens is 170 g/mol. The number of rotatable bonds is 4. The van der Waals surface area contributed by atoms with Gasteiger partial charge in [0.2, 0.25) is 11.9 Å². The van der Waals surface area contributed by atoms with Gasteiger partial charge in [-0.25, -0.2) is 0 Å². The standard InChI is InChI=1S/C7H13N5O/c1-4-9-6-10-5(8-2)11-7(12-6)13-3/h4H2,1-3H3,(H2,8,9,10,11,12). The fourth-order valence-electron chi connectivity index (χ4n) is 0.797. The second-order valence-electron chi connectivity index (χ2n) is 2.25. The Hall–Kier alpha value is -1.59. The molecule has 0 amide bonds. The average Bonchev–Trinajstić information content (AvgIpc) is 2.17. The molecule has 13 heavy (non-hydrogen) atoms. The van der Waals surface area contributed by atoms with E-state index >= 15 is 0 Å². The number of ether oxygens (including phenoxy) is 1. The molecule has 0 saturated carbocycles. The molecule has 0 aromatic carbocycles. The Morgan fingerprint density at radius 1 is 1.23 bits per heavy atom. The highest BCUT2D eigenvalue weighted by molar-refractivity contribution is 5.34. The van der Waals surface area contributed by atoms with E-state index in [1.807, 2.05) is 6.92 Å². The molecular formula is C7H13N5O. The van der Waals surface area contributed by atoms with Gasteiger partial charge in [0, 0.05) is 13.6 Å². The van der Waals surface area contributed by atoms with E-state index in [-0.39, 0.29) is 0 Å². The molecule has 0 aliphatic carbocycles. The summed E-state index contributed by atoms with van der Waals surface area (Å²) in [5.41, 5.74) is 0. The minimum atomic E-state index is 0.301. The average molecular weight is 183 g/mol. The van der Waals surface area contributed by atoms with Crippen molar-refractivity contribution in [1.29, 1.82) is 0 Å². The third kappa shape index (κ3) is 2.43. The lowest BCUT2D eigenvalue weighted by molar-refractivity contribution is 0.379. The SMILES string of the molecule is CCNc1nc(NC)nc(OC)n1. The van der Waals surface area contributed by atoms with E-state index in [4.69, 9.17) is 4.74 Å². The maximum Gasteiger partial charge on any atom is 0.322 e. The number of anilines is 2. The molecule has 72 valence electrons. The zero-order chi connectivity index (χ0) is 9.68. The van der Waals surface area contributed by atoms with E-state index in [1.54, 1.807) is 7.05 Å². The van der Waals surface area contributed by atoms with Gasteiger partial charge in [-0.05, 0) is 6.92 Å². The van der Waals surface area contributed by atoms with Gasteiger partial charge in [0.25, 0.3) is 0 Å². The van der Waals surface area contributed by atoms with Gasteiger partial charge in [0.05, 0.1) is 7.11 Å². The minimum Gasteiger partial charge on any atom is -0.467 e. The smallest absolute Gasteiger partial charge is 0.322 e. The summed E-state index contributed by atoms with van der Waals surface area (Å²) in [4.78, 5) is 12.0. The zero-order valence-corrected chi connectivity index (χ0v) is 7.96. The van der Waals surface area contributed by atoms with Crippen LogP contribution in [0, 0.1) is 0 Å². The number of nitrogens with one attached hydrogen (secondary N) is 2. The van der Waals surface area contributed by atoms with E-state index in [0.717, 1.165) is 6.54 Å². The highest BCUT2D eigenvalue weighted by Gasteiger charge is 2.03. The van der Waals surface area contributed by atoms with Crippen molar-refractivity contribution < 1.29 is 4.74 Å². The number of hydrogen-bond donors (Lipinski definition) is 2. The summed E-state index contributed by atoms with van der Waals surface area (Å²) < 4.78 is 4.90. The second-order valence-corrected chi connectivity index (χ2v) is 2.25. The van der Waals surface area contributed by atoms with Crippen LogP contribution in [0.25, 0.3) is 0 Å². The number of hydrogen-bond acceptors (Lipinski definition) is 6. The molecule has 6 nitrogen and oxygen atoms in total. The van der Waals surface area contributed by atoms with Crippen molar-refractivity contribution in [2.45, 2.75) is 6.92 Å². The van der Waals surface area contributed by atoms with E-state index in [9.17, 15) is 0 Å². The van der Waals surface area contributed by atoms with Crippen molar-refractivity contribution in [3.05, 3.63) is 0 Å². The van der Waals surface area contributed by atoms with Crippen LogP contribution >= 0.6 is 0 Å². The highest BCUT2D eigenvalue weighted by atomic mass is 16.5. The van der Waals surface area contributed by atoms with Crippen molar-refractivity contribution in [2.24, 2.45) is 0 Å². The maximum atomic E-state index is 4.90. The fraction of sp³-hybridized carbons (Fsp3) is 0.571. The second kappa shape index (κ2) is 4.44. The molecule has 1 rings (SSSR count). The predicted molar refractivity (Wildman–Crippen MR) is 50.1 cm³/mol. The largest absolute Gasteiger partial charge is 0.467 e. The number of nitrogens with zero attached hydrogens (tertiary/aromatic N) is 3. The van der Waals surface area contributed by atoms with Crippen LogP contribution in [-0.4, -0.2) is 35.7 Å². The molecule has 2 N–H and O–H groups in total. The summed E-state index contributed by atoms with van der Waals surface area (Å²) >= 11 is 0. The van der Waals surface area contributed by atoms with E-state index < -0.39 is 0 Å². The summed E-state index contributed by atoms with van der Waals surface area (Å²) in [5.74, 6) is 1.00. The minimum absolute atomic E-state index is 0.301. The first-order chi connectivity index (χ1) is 6.30. The molecule has 0 aliphatic heterocycles. The monoisotopic (exact) mass is 183 g/mol. The molecule has 0 bridgehead atoms. The molecule has 0 atom stereocenters. The lowest BCUT2D eigenvalue weighted by Crippen LogP contribution is -2.07. The lowest BCUT2D eigenvalue weighted by Gasteiger charge is -2.05. The van der Waals surface area contributed by atoms with Crippen LogP contribution in [0.1, 0.15) is 6.92 Å². The first-order valence-electron chi connectivity index (χ1n) is 4.01. The molecule has 6 heteroatoms. The quantitative estimate of drug-likeness (QED) is 0.702. The van der Waals surface area contributed by atoms with Gasteiger partial charge in [-0.3, -0.25) is 0 Å². The topological polar surface area (TPSA) is 72.0 Å². The van der Waals surface area contributed by atoms with Gasteiger partial charge in [-0.1, -0.05) is 0 Å². The van der Waals surface area contributed by atoms with Crippen LogP contribution < -0.4 is 15.4 Å². The van der Waals surface area contributed by atoms with Crippen LogP contribution in [0.4, 0.5) is 11.9 Å². The zero-order valence-electron chi connectivity index (χ0n) is 7.96. The van der Waals surface area contributed by atoms with Gasteiger partial charge in [0.15, 0.2) is 0 Å². The first kappa shape index (κ1) is 9.50. The Balaban J connectivity index is 2.93. The van der Waals surface area contributed by atoms with Crippen LogP contribution in [-0.2, 0) is 0 Å². The van der Waals surface area contributed by atoms with E-state index in [0.29, 0.717) is 17.9 Å². The van der Waals surface area contributed by atoms with Gasteiger partial charge in [-0.2, -0.15) is 15.0 Å². The highest BCUT2D eigenvalue weighted by Crippen LogP contribution is 2.09. The van der Waals surface area contributed by atoms with Gasteiger partial charge in [0.1, 0.15) is 0 Å². The van der Waals surface area contributed by atoms with Crippen molar-refractivity contribution in [3.63, 3.8) is 0 Å². The Morgan fingerprint density at radius 3 is 2.46 bits per heavy atom. The van der Waals surface area contributed by atoms with Crippen molar-refractivity contribution in [1.82, 2.24) is 15.0 Å². The summed E-state index contributed by atoms with van der Waals surface area (Å²) in [6, 6.07) is 0.301. The van der Waals surface area contributed by atoms with Gasteiger partial charge in [-0.15, -0.1) is 0 Å². The molecule has 1 aromatic heterocycles. The maximum absolute atomic E-state index is 4.90. The Labute approximate surface area is 76.8 Å². The van der Waals surface area contributed by atoms with Crippen LogP contribution in [0.5, 0.6) is 6.01 Å². The summed E-state index contributed by atoms with van der Waals surface area (Å²) in [7, 11) is 3.26. The predicted octanol–water partition coefficient (Wildman–Crippen LogP) is 0.354. The third-order valence-corrected chi connectivity index (χ3v) is 1.36. The normalized spacial score (nSPS) is 9.46. The Bertz CT molecular complexity index is 255. The van der Waals surface area contributed by atoms with Crippen molar-refractivity contribution in [2.75, 3.05) is 31.3 Å². The van der Waals surface area contributed by atoms with Crippen molar-refractivity contribution in [3.8, 4) is 6.01 Å². The van der Waals surface area contributed by atoms with Crippen LogP contribution in [0.15, 0.2) is 0 Å². The molecule has 0 fully saturated rings. The number of aromatic nitrogens is 3. The molecule has 0 aliphatic rings. The summed E-state index contributed by atoms with van der Waals surface area (Å²) in [5, 5.41) is 5.79. The summed E-state index contributed by atoms with van der Waals surface area (Å²) in [6.07, 6.45) is 0. The van der Waals surface area contributed by atoms with Gasteiger partial charge >= 0.3 is 6.01 Å². The Morgan fingerprint density at radius 2 is 1.92 bits per heavy atom. The molecule has 0 spiro atoms. The van der Waals surface area contributed by atoms with Crippen LogP contribution in [0.2, 0.25) is 0 Å². The first-order valence-corrected chi connectivity index (χ1v) is 4.01. The molecule has 0 saturated heterocycles. The molecule has 1 aromatic rings. The molecule has 1 heterocycles. The molecule has 0 radical (unpaired) electrons. The molecule has 0 unspecified atom stereocenters. The van der Waals surface area contributed by atoms with E-state index in [1.165, 1.54) is 7.11 Å². The van der Waals surface area contributed by atoms with Gasteiger partial charge < -0.3 is 15.4 Å². The number of methoxy groups -OCH3 is 1. The lowest BCUT2D eigenvalue weighted by atomic mass is 10.7. The summed E-state index contributed by atoms with van der Waals surface area (Å²) in [6.45, 7) is 2.73. The fourth-order valence-corrected chi connectivity index (χ4v) is 0.797. The third-order valence-electron chi connectivity index (χ3n) is 1.36. The van der Waals surface area contributed by atoms with Crippen LogP contribution in [0.3, 0.4) is 0 Å². The Kier molecular flexibility index (Phi) is 3.24.